The third-order valence-corrected chi connectivity index (χ3v) is 5.99. The van der Waals surface area contributed by atoms with Crippen molar-refractivity contribution in [2.75, 3.05) is 13.7 Å². The second-order valence-corrected chi connectivity index (χ2v) is 9.89. The van der Waals surface area contributed by atoms with E-state index in [0.717, 1.165) is 12.8 Å². The van der Waals surface area contributed by atoms with Crippen molar-refractivity contribution >= 4 is 8.32 Å². The molecule has 0 radical (unpaired) electrons. The highest BCUT2D eigenvalue weighted by molar-refractivity contribution is 6.71. The highest BCUT2D eigenvalue weighted by Gasteiger charge is 2.18. The van der Waals surface area contributed by atoms with E-state index in [1.54, 1.807) is 0 Å². The van der Waals surface area contributed by atoms with E-state index in [1.165, 1.54) is 38.1 Å². The van der Waals surface area contributed by atoms with Crippen LogP contribution in [-0.2, 0) is 4.43 Å². The van der Waals surface area contributed by atoms with E-state index in [0.29, 0.717) is 0 Å². The second-order valence-electron chi connectivity index (χ2n) is 5.46. The third-order valence-electron chi connectivity index (χ3n) is 3.33. The predicted molar refractivity (Wildman–Crippen MR) is 74.7 cm³/mol. The van der Waals surface area contributed by atoms with Gasteiger partial charge in [-0.1, -0.05) is 38.5 Å². The molecule has 0 fully saturated rings. The van der Waals surface area contributed by atoms with Gasteiger partial charge in [0.05, 0.1) is 12.7 Å². The van der Waals surface area contributed by atoms with Gasteiger partial charge in [0, 0.05) is 7.11 Å². The Kier molecular flexibility index (Phi) is 10.1. The zero-order chi connectivity index (χ0) is 13.1. The largest absolute Gasteiger partial charge is 0.420 e. The molecule has 1 atom stereocenters. The normalized spacial score (nSPS) is 13.9. The second kappa shape index (κ2) is 10.1. The number of rotatable bonds is 11. The number of aliphatic hydroxyl groups is 2. The van der Waals surface area contributed by atoms with Crippen LogP contribution < -0.4 is 0 Å². The van der Waals surface area contributed by atoms with Gasteiger partial charge >= 0.3 is 0 Å². The van der Waals surface area contributed by atoms with Gasteiger partial charge in [-0.2, -0.15) is 0 Å². The Bertz CT molecular complexity index is 174. The lowest BCUT2D eigenvalue weighted by Crippen LogP contribution is -2.27. The summed E-state index contributed by atoms with van der Waals surface area (Å²) in [6.07, 6.45) is 7.52. The molecule has 4 heteroatoms. The lowest BCUT2D eigenvalue weighted by atomic mass is 10.1. The quantitative estimate of drug-likeness (QED) is 0.444. The Morgan fingerprint density at radius 2 is 1.53 bits per heavy atom. The van der Waals surface area contributed by atoms with Crippen LogP contribution in [0.15, 0.2) is 0 Å². The highest BCUT2D eigenvalue weighted by Crippen LogP contribution is 2.16. The summed E-state index contributed by atoms with van der Waals surface area (Å²) in [6.45, 7) is 4.43. The molecule has 0 bridgehead atoms. The molecule has 0 spiro atoms. The first kappa shape index (κ1) is 17.1. The van der Waals surface area contributed by atoms with Crippen molar-refractivity contribution < 1.29 is 14.6 Å². The molecule has 0 saturated heterocycles. The fourth-order valence-electron chi connectivity index (χ4n) is 1.83. The van der Waals surface area contributed by atoms with Crippen LogP contribution in [0.3, 0.4) is 0 Å². The monoisotopic (exact) mass is 262 g/mol. The summed E-state index contributed by atoms with van der Waals surface area (Å²) in [5.41, 5.74) is 0. The first-order valence-electron chi connectivity index (χ1n) is 6.86. The van der Waals surface area contributed by atoms with Crippen molar-refractivity contribution in [3.05, 3.63) is 0 Å². The summed E-state index contributed by atoms with van der Waals surface area (Å²) in [5.74, 6) is 0. The number of unbranched alkanes of at least 4 members (excludes halogenated alkanes) is 5. The molecule has 0 aromatic heterocycles. The van der Waals surface area contributed by atoms with Gasteiger partial charge in [-0.3, -0.25) is 0 Å². The third kappa shape index (κ3) is 10.9. The van der Waals surface area contributed by atoms with Gasteiger partial charge in [0.25, 0.3) is 0 Å². The summed E-state index contributed by atoms with van der Waals surface area (Å²) in [5, 5.41) is 17.8. The topological polar surface area (TPSA) is 49.7 Å². The van der Waals surface area contributed by atoms with E-state index in [1.807, 2.05) is 7.11 Å². The van der Waals surface area contributed by atoms with Crippen LogP contribution in [0.2, 0.25) is 19.1 Å². The summed E-state index contributed by atoms with van der Waals surface area (Å²) in [4.78, 5) is 0. The standard InChI is InChI=1S/C13H30O3Si/c1-16-17(2,3)11-9-7-5-4-6-8-10-13(15)12-14/h13-15H,4-12H2,1-3H3. The Morgan fingerprint density at radius 1 is 1.00 bits per heavy atom. The van der Waals surface area contributed by atoms with Crippen LogP contribution in [-0.4, -0.2) is 38.4 Å². The van der Waals surface area contributed by atoms with Crippen molar-refractivity contribution in [3.8, 4) is 0 Å². The molecule has 3 nitrogen and oxygen atoms in total. The minimum atomic E-state index is -1.33. The Hall–Kier alpha value is 0.0969. The smallest absolute Gasteiger partial charge is 0.186 e. The minimum absolute atomic E-state index is 0.100. The van der Waals surface area contributed by atoms with E-state index in [2.05, 4.69) is 13.1 Å². The van der Waals surface area contributed by atoms with Crippen molar-refractivity contribution in [2.24, 2.45) is 0 Å². The van der Waals surface area contributed by atoms with Crippen LogP contribution in [0.4, 0.5) is 0 Å². The number of aliphatic hydroxyl groups excluding tert-OH is 2. The van der Waals surface area contributed by atoms with Crippen LogP contribution >= 0.6 is 0 Å². The lowest BCUT2D eigenvalue weighted by Gasteiger charge is -2.19. The molecule has 0 aromatic carbocycles. The fraction of sp³-hybridized carbons (Fsp3) is 1.00. The summed E-state index contributed by atoms with van der Waals surface area (Å²) >= 11 is 0. The Balaban J connectivity index is 3.19. The maximum atomic E-state index is 9.16. The molecule has 0 aliphatic rings. The number of hydrogen-bond acceptors (Lipinski definition) is 3. The van der Waals surface area contributed by atoms with Gasteiger partial charge in [0.2, 0.25) is 0 Å². The number of hydrogen-bond donors (Lipinski definition) is 2. The van der Waals surface area contributed by atoms with Crippen molar-refractivity contribution in [1.82, 2.24) is 0 Å². The van der Waals surface area contributed by atoms with E-state index in [4.69, 9.17) is 14.6 Å². The van der Waals surface area contributed by atoms with Gasteiger partial charge < -0.3 is 14.6 Å². The zero-order valence-electron chi connectivity index (χ0n) is 11.7. The molecule has 17 heavy (non-hydrogen) atoms. The molecule has 0 aliphatic heterocycles. The summed E-state index contributed by atoms with van der Waals surface area (Å²) < 4.78 is 5.51. The molecule has 1 unspecified atom stereocenters. The van der Waals surface area contributed by atoms with Crippen molar-refractivity contribution in [3.63, 3.8) is 0 Å². The van der Waals surface area contributed by atoms with E-state index in [9.17, 15) is 0 Å². The SMILES string of the molecule is CO[Si](C)(C)CCCCCCCCC(O)CO. The van der Waals surface area contributed by atoms with Crippen LogP contribution in [0.25, 0.3) is 0 Å². The highest BCUT2D eigenvalue weighted by atomic mass is 28.4. The van der Waals surface area contributed by atoms with Gasteiger partial charge in [-0.25, -0.2) is 0 Å². The van der Waals surface area contributed by atoms with Crippen LogP contribution in [0, 0.1) is 0 Å². The molecule has 0 aromatic rings. The first-order valence-corrected chi connectivity index (χ1v) is 9.97. The predicted octanol–water partition coefficient (Wildman–Crippen LogP) is 2.92. The molecular weight excluding hydrogens is 232 g/mol. The lowest BCUT2D eigenvalue weighted by molar-refractivity contribution is 0.0860. The zero-order valence-corrected chi connectivity index (χ0v) is 12.7. The average molecular weight is 262 g/mol. The molecule has 0 aliphatic carbocycles. The molecule has 0 rings (SSSR count). The average Bonchev–Trinajstić information content (AvgIpc) is 2.32. The van der Waals surface area contributed by atoms with Crippen molar-refractivity contribution in [2.45, 2.75) is 70.2 Å². The van der Waals surface area contributed by atoms with E-state index < -0.39 is 14.4 Å². The molecule has 104 valence electrons. The molecule has 2 N–H and O–H groups in total. The van der Waals surface area contributed by atoms with Gasteiger partial charge in [-0.05, 0) is 25.6 Å². The van der Waals surface area contributed by atoms with Gasteiger partial charge in [-0.15, -0.1) is 0 Å². The maximum absolute atomic E-state index is 9.16. The molecular formula is C13H30O3Si. The van der Waals surface area contributed by atoms with Gasteiger partial charge in [0.15, 0.2) is 8.32 Å². The van der Waals surface area contributed by atoms with E-state index in [-0.39, 0.29) is 6.61 Å². The Morgan fingerprint density at radius 3 is 2.06 bits per heavy atom. The van der Waals surface area contributed by atoms with E-state index >= 15 is 0 Å². The van der Waals surface area contributed by atoms with Crippen LogP contribution in [0.5, 0.6) is 0 Å². The maximum Gasteiger partial charge on any atom is 0.186 e. The molecule has 0 saturated carbocycles. The first-order chi connectivity index (χ1) is 8.02. The Labute approximate surface area is 107 Å². The molecule has 0 amide bonds. The van der Waals surface area contributed by atoms with Gasteiger partial charge in [0.1, 0.15) is 0 Å². The summed E-state index contributed by atoms with van der Waals surface area (Å²) in [7, 11) is 0.499. The fourth-order valence-corrected chi connectivity index (χ4v) is 3.14. The molecule has 0 heterocycles. The summed E-state index contributed by atoms with van der Waals surface area (Å²) in [6, 6.07) is 1.26. The minimum Gasteiger partial charge on any atom is -0.420 e. The van der Waals surface area contributed by atoms with Crippen LogP contribution in [0.1, 0.15) is 44.9 Å². The van der Waals surface area contributed by atoms with Crippen molar-refractivity contribution in [1.29, 1.82) is 0 Å².